The van der Waals surface area contributed by atoms with Gasteiger partial charge in [0.2, 0.25) is 0 Å². The van der Waals surface area contributed by atoms with Gasteiger partial charge in [0, 0.05) is 5.02 Å². The van der Waals surface area contributed by atoms with Crippen LogP contribution in [0.25, 0.3) is 5.57 Å². The third kappa shape index (κ3) is 4.12. The zero-order valence-electron chi connectivity index (χ0n) is 12.1. The van der Waals surface area contributed by atoms with E-state index in [-0.39, 0.29) is 16.3 Å². The smallest absolute Gasteiger partial charge is 0.337 e. The second-order valence-corrected chi connectivity index (χ2v) is 5.57. The average molecular weight is 350 g/mol. The minimum Gasteiger partial charge on any atom is -0.478 e. The zero-order chi connectivity index (χ0) is 17.0. The summed E-state index contributed by atoms with van der Waals surface area (Å²) >= 11 is 12.0. The van der Waals surface area contributed by atoms with Crippen LogP contribution in [0.4, 0.5) is 5.69 Å². The van der Waals surface area contributed by atoms with Gasteiger partial charge >= 0.3 is 5.97 Å². The standard InChI is InChI=1S/C17H13Cl2NO3/c1-10(11-6-8-12(18)9-7-11)15(19)16(21)20-14-5-3-2-4-13(14)17(22)23/h2-9H,1H3,(H,20,21)(H,22,23)/b15-10-. The highest BCUT2D eigenvalue weighted by atomic mass is 35.5. The zero-order valence-corrected chi connectivity index (χ0v) is 13.7. The normalized spacial score (nSPS) is 11.6. The number of carbonyl (C=O) groups is 2. The average Bonchev–Trinajstić information content (AvgIpc) is 2.54. The van der Waals surface area contributed by atoms with Crippen molar-refractivity contribution in [2.24, 2.45) is 0 Å². The number of nitrogens with one attached hydrogen (secondary N) is 1. The van der Waals surface area contributed by atoms with E-state index in [1.807, 2.05) is 0 Å². The molecule has 0 aliphatic rings. The van der Waals surface area contributed by atoms with Crippen molar-refractivity contribution in [2.75, 3.05) is 5.32 Å². The van der Waals surface area contributed by atoms with Crippen LogP contribution in [0.2, 0.25) is 5.02 Å². The molecule has 6 heteroatoms. The highest BCUT2D eigenvalue weighted by Crippen LogP contribution is 2.24. The number of carbonyl (C=O) groups excluding carboxylic acids is 1. The first kappa shape index (κ1) is 17.1. The van der Waals surface area contributed by atoms with Gasteiger partial charge in [-0.15, -0.1) is 0 Å². The Bertz CT molecular complexity index is 783. The summed E-state index contributed by atoms with van der Waals surface area (Å²) in [6.45, 7) is 1.70. The third-order valence-electron chi connectivity index (χ3n) is 3.21. The van der Waals surface area contributed by atoms with Crippen molar-refractivity contribution in [1.82, 2.24) is 0 Å². The van der Waals surface area contributed by atoms with E-state index in [2.05, 4.69) is 5.32 Å². The molecule has 1 amide bonds. The number of rotatable bonds is 4. The molecule has 0 unspecified atom stereocenters. The SMILES string of the molecule is C/C(=C(/Cl)C(=O)Nc1ccccc1C(=O)O)c1ccc(Cl)cc1. The van der Waals surface area contributed by atoms with E-state index in [4.69, 9.17) is 28.3 Å². The molecule has 0 saturated carbocycles. The number of carboxylic acid groups (broad SMARTS) is 1. The number of amides is 1. The second-order valence-electron chi connectivity index (χ2n) is 4.75. The fourth-order valence-electron chi connectivity index (χ4n) is 1.95. The first-order valence-corrected chi connectivity index (χ1v) is 7.41. The summed E-state index contributed by atoms with van der Waals surface area (Å²) in [5, 5.41) is 12.2. The lowest BCUT2D eigenvalue weighted by Gasteiger charge is -2.10. The van der Waals surface area contributed by atoms with Gasteiger partial charge in [-0.3, -0.25) is 4.79 Å². The molecule has 2 aromatic rings. The Hall–Kier alpha value is -2.30. The van der Waals surface area contributed by atoms with E-state index in [0.717, 1.165) is 5.56 Å². The molecule has 0 bridgehead atoms. The molecule has 0 atom stereocenters. The summed E-state index contributed by atoms with van der Waals surface area (Å²) < 4.78 is 0. The number of hydrogen-bond donors (Lipinski definition) is 2. The predicted molar refractivity (Wildman–Crippen MR) is 91.9 cm³/mol. The molecule has 2 N–H and O–H groups in total. The molecule has 0 fully saturated rings. The lowest BCUT2D eigenvalue weighted by Crippen LogP contribution is -2.15. The van der Waals surface area contributed by atoms with Gasteiger partial charge in [-0.1, -0.05) is 47.5 Å². The molecule has 2 rings (SSSR count). The minimum absolute atomic E-state index is 0.00513. The third-order valence-corrected chi connectivity index (χ3v) is 3.92. The van der Waals surface area contributed by atoms with Gasteiger partial charge in [-0.2, -0.15) is 0 Å². The van der Waals surface area contributed by atoms with E-state index in [0.29, 0.717) is 10.6 Å². The number of aromatic carboxylic acids is 1. The predicted octanol–water partition coefficient (Wildman–Crippen LogP) is 4.65. The molecule has 0 aromatic heterocycles. The summed E-state index contributed by atoms with van der Waals surface area (Å²) in [5.41, 5.74) is 1.50. The quantitative estimate of drug-likeness (QED) is 0.789. The summed E-state index contributed by atoms with van der Waals surface area (Å²) in [5.74, 6) is -1.71. The number of para-hydroxylation sites is 1. The van der Waals surface area contributed by atoms with Crippen LogP contribution in [-0.4, -0.2) is 17.0 Å². The van der Waals surface area contributed by atoms with Crippen LogP contribution in [0, 0.1) is 0 Å². The Morgan fingerprint density at radius 3 is 2.26 bits per heavy atom. The van der Waals surface area contributed by atoms with Crippen LogP contribution >= 0.6 is 23.2 Å². The Labute approximate surface area is 143 Å². The van der Waals surface area contributed by atoms with Crippen molar-refractivity contribution in [2.45, 2.75) is 6.92 Å². The molecule has 0 heterocycles. The Kier molecular flexibility index (Phi) is 5.42. The lowest BCUT2D eigenvalue weighted by atomic mass is 10.1. The maximum Gasteiger partial charge on any atom is 0.337 e. The van der Waals surface area contributed by atoms with Gasteiger partial charge in [0.05, 0.1) is 11.3 Å². The second kappa shape index (κ2) is 7.31. The lowest BCUT2D eigenvalue weighted by molar-refractivity contribution is -0.112. The van der Waals surface area contributed by atoms with Crippen LogP contribution < -0.4 is 5.32 Å². The molecule has 0 radical (unpaired) electrons. The molecule has 0 aliphatic carbocycles. The number of anilines is 1. The summed E-state index contributed by atoms with van der Waals surface area (Å²) in [7, 11) is 0. The fraction of sp³-hybridized carbons (Fsp3) is 0.0588. The van der Waals surface area contributed by atoms with Gasteiger partial charge in [-0.25, -0.2) is 4.79 Å². The van der Waals surface area contributed by atoms with E-state index in [1.165, 1.54) is 12.1 Å². The van der Waals surface area contributed by atoms with Crippen molar-refractivity contribution in [1.29, 1.82) is 0 Å². The van der Waals surface area contributed by atoms with Crippen molar-refractivity contribution in [3.63, 3.8) is 0 Å². The summed E-state index contributed by atoms with van der Waals surface area (Å²) in [4.78, 5) is 23.4. The molecule has 23 heavy (non-hydrogen) atoms. The number of benzene rings is 2. The number of hydrogen-bond acceptors (Lipinski definition) is 2. The van der Waals surface area contributed by atoms with Crippen LogP contribution in [0.15, 0.2) is 53.6 Å². The molecule has 0 spiro atoms. The van der Waals surface area contributed by atoms with Crippen LogP contribution in [0.3, 0.4) is 0 Å². The molecule has 0 aliphatic heterocycles. The van der Waals surface area contributed by atoms with Gasteiger partial charge in [0.15, 0.2) is 0 Å². The van der Waals surface area contributed by atoms with Gasteiger partial charge < -0.3 is 10.4 Å². The van der Waals surface area contributed by atoms with Gasteiger partial charge in [-0.05, 0) is 42.3 Å². The van der Waals surface area contributed by atoms with Crippen molar-refractivity contribution < 1.29 is 14.7 Å². The van der Waals surface area contributed by atoms with Gasteiger partial charge in [0.1, 0.15) is 5.03 Å². The van der Waals surface area contributed by atoms with Crippen LogP contribution in [0.5, 0.6) is 0 Å². The monoisotopic (exact) mass is 349 g/mol. The van der Waals surface area contributed by atoms with Gasteiger partial charge in [0.25, 0.3) is 5.91 Å². The molecular formula is C17H13Cl2NO3. The Morgan fingerprint density at radius 1 is 1.04 bits per heavy atom. The van der Waals surface area contributed by atoms with E-state index < -0.39 is 11.9 Å². The summed E-state index contributed by atoms with van der Waals surface area (Å²) in [6.07, 6.45) is 0. The van der Waals surface area contributed by atoms with Crippen LogP contribution in [-0.2, 0) is 4.79 Å². The number of allylic oxidation sites excluding steroid dienone is 1. The molecule has 0 saturated heterocycles. The van der Waals surface area contributed by atoms with Crippen molar-refractivity contribution in [3.05, 3.63) is 69.7 Å². The summed E-state index contributed by atoms with van der Waals surface area (Å²) in [6, 6.07) is 13.0. The minimum atomic E-state index is -1.13. The van der Waals surface area contributed by atoms with Crippen molar-refractivity contribution >= 4 is 46.3 Å². The molecule has 2 aromatic carbocycles. The Morgan fingerprint density at radius 2 is 1.65 bits per heavy atom. The maximum atomic E-state index is 12.2. The molecule has 4 nitrogen and oxygen atoms in total. The van der Waals surface area contributed by atoms with E-state index >= 15 is 0 Å². The highest BCUT2D eigenvalue weighted by molar-refractivity contribution is 6.46. The fourth-order valence-corrected chi connectivity index (χ4v) is 2.24. The first-order valence-electron chi connectivity index (χ1n) is 6.66. The maximum absolute atomic E-state index is 12.2. The Balaban J connectivity index is 2.28. The largest absolute Gasteiger partial charge is 0.478 e. The molecular weight excluding hydrogens is 337 g/mol. The number of carboxylic acids is 1. The number of halogens is 2. The van der Waals surface area contributed by atoms with E-state index in [1.54, 1.807) is 43.3 Å². The van der Waals surface area contributed by atoms with E-state index in [9.17, 15) is 9.59 Å². The van der Waals surface area contributed by atoms with Crippen molar-refractivity contribution in [3.8, 4) is 0 Å². The highest BCUT2D eigenvalue weighted by Gasteiger charge is 2.16. The topological polar surface area (TPSA) is 66.4 Å². The molecule has 118 valence electrons. The van der Waals surface area contributed by atoms with Crippen LogP contribution in [0.1, 0.15) is 22.8 Å². The first-order chi connectivity index (χ1) is 10.9.